The summed E-state index contributed by atoms with van der Waals surface area (Å²) >= 11 is 0. The molecule has 1 aliphatic rings. The highest BCUT2D eigenvalue weighted by atomic mass is 32.2. The second-order valence-electron chi connectivity index (χ2n) is 7.80. The van der Waals surface area contributed by atoms with Gasteiger partial charge >= 0.3 is 0 Å². The van der Waals surface area contributed by atoms with Gasteiger partial charge in [-0.2, -0.15) is 0 Å². The van der Waals surface area contributed by atoms with Gasteiger partial charge in [-0.15, -0.1) is 0 Å². The SMILES string of the molecule is CCC1Oc2ccc(NS(=O)(=O)c3ccccc3)cc2CN(Cc2cccc(OC)c2)C1=O. The lowest BCUT2D eigenvalue weighted by atomic mass is 10.1. The van der Waals surface area contributed by atoms with Gasteiger partial charge in [0.1, 0.15) is 11.5 Å². The number of carbonyl (C=O) groups is 1. The van der Waals surface area contributed by atoms with Crippen molar-refractivity contribution in [2.24, 2.45) is 0 Å². The van der Waals surface area contributed by atoms with E-state index in [1.165, 1.54) is 12.1 Å². The number of hydrogen-bond donors (Lipinski definition) is 1. The minimum Gasteiger partial charge on any atom is -0.497 e. The Bertz CT molecular complexity index is 1240. The van der Waals surface area contributed by atoms with Gasteiger partial charge in [0.15, 0.2) is 6.10 Å². The van der Waals surface area contributed by atoms with E-state index in [9.17, 15) is 13.2 Å². The average Bonchev–Trinajstić information content (AvgIpc) is 2.95. The lowest BCUT2D eigenvalue weighted by Crippen LogP contribution is -2.38. The van der Waals surface area contributed by atoms with E-state index in [2.05, 4.69) is 4.72 Å². The molecule has 8 heteroatoms. The number of rotatable bonds is 7. The van der Waals surface area contributed by atoms with Gasteiger partial charge in [0.05, 0.1) is 12.0 Å². The first-order valence-corrected chi connectivity index (χ1v) is 12.2. The van der Waals surface area contributed by atoms with Crippen molar-refractivity contribution >= 4 is 21.6 Å². The molecular weight excluding hydrogens is 440 g/mol. The molecule has 1 atom stereocenters. The standard InChI is InChI=1S/C25H26N2O5S/c1-3-23-25(28)27(16-18-8-7-9-21(14-18)31-2)17-19-15-20(12-13-24(19)32-23)26-33(29,30)22-10-5-4-6-11-22/h4-15,23,26H,3,16-17H2,1-2H3. The Morgan fingerprint density at radius 2 is 1.85 bits per heavy atom. The third-order valence-corrected chi connectivity index (χ3v) is 6.86. The quantitative estimate of drug-likeness (QED) is 0.564. The molecule has 0 spiro atoms. The molecule has 1 amide bonds. The molecule has 1 aliphatic heterocycles. The summed E-state index contributed by atoms with van der Waals surface area (Å²) in [7, 11) is -2.13. The number of carbonyl (C=O) groups excluding carboxylic acids is 1. The maximum atomic E-state index is 13.2. The summed E-state index contributed by atoms with van der Waals surface area (Å²) < 4.78 is 39.4. The van der Waals surface area contributed by atoms with Crippen molar-refractivity contribution in [1.29, 1.82) is 0 Å². The number of hydrogen-bond acceptors (Lipinski definition) is 5. The maximum absolute atomic E-state index is 13.2. The van der Waals surface area contributed by atoms with E-state index in [1.807, 2.05) is 31.2 Å². The van der Waals surface area contributed by atoms with Crippen molar-refractivity contribution in [2.75, 3.05) is 11.8 Å². The largest absolute Gasteiger partial charge is 0.497 e. The summed E-state index contributed by atoms with van der Waals surface area (Å²) in [5, 5.41) is 0. The van der Waals surface area contributed by atoms with Crippen LogP contribution in [0.15, 0.2) is 77.7 Å². The van der Waals surface area contributed by atoms with Crippen molar-refractivity contribution in [1.82, 2.24) is 4.90 Å². The van der Waals surface area contributed by atoms with Gasteiger partial charge < -0.3 is 14.4 Å². The zero-order chi connectivity index (χ0) is 23.4. The van der Waals surface area contributed by atoms with Crippen molar-refractivity contribution in [3.63, 3.8) is 0 Å². The molecule has 0 aliphatic carbocycles. The number of nitrogens with one attached hydrogen (secondary N) is 1. The minimum atomic E-state index is -3.73. The van der Waals surface area contributed by atoms with Crippen LogP contribution in [0.1, 0.15) is 24.5 Å². The summed E-state index contributed by atoms with van der Waals surface area (Å²) in [6, 6.07) is 20.8. The number of ether oxygens (including phenoxy) is 2. The monoisotopic (exact) mass is 466 g/mol. The van der Waals surface area contributed by atoms with Gasteiger partial charge in [-0.1, -0.05) is 37.3 Å². The van der Waals surface area contributed by atoms with E-state index in [4.69, 9.17) is 9.47 Å². The van der Waals surface area contributed by atoms with E-state index in [-0.39, 0.29) is 10.8 Å². The number of amides is 1. The average molecular weight is 467 g/mol. The van der Waals surface area contributed by atoms with E-state index >= 15 is 0 Å². The Morgan fingerprint density at radius 1 is 1.06 bits per heavy atom. The predicted molar refractivity (Wildman–Crippen MR) is 126 cm³/mol. The first-order valence-electron chi connectivity index (χ1n) is 10.7. The smallest absolute Gasteiger partial charge is 0.264 e. The molecule has 3 aromatic carbocycles. The number of sulfonamides is 1. The van der Waals surface area contributed by atoms with Gasteiger partial charge in [-0.3, -0.25) is 9.52 Å². The van der Waals surface area contributed by atoms with Crippen LogP contribution in [0.4, 0.5) is 5.69 Å². The van der Waals surface area contributed by atoms with E-state index in [0.29, 0.717) is 30.9 Å². The topological polar surface area (TPSA) is 84.9 Å². The fraction of sp³-hybridized carbons (Fsp3) is 0.240. The highest BCUT2D eigenvalue weighted by Gasteiger charge is 2.30. The molecule has 0 fully saturated rings. The van der Waals surface area contributed by atoms with Crippen molar-refractivity contribution in [2.45, 2.75) is 37.4 Å². The normalized spacial score (nSPS) is 15.9. The van der Waals surface area contributed by atoms with Crippen LogP contribution >= 0.6 is 0 Å². The third kappa shape index (κ3) is 5.12. The molecule has 1 unspecified atom stereocenters. The maximum Gasteiger partial charge on any atom is 0.264 e. The van der Waals surface area contributed by atoms with Gasteiger partial charge in [0.2, 0.25) is 0 Å². The second-order valence-corrected chi connectivity index (χ2v) is 9.48. The van der Waals surface area contributed by atoms with E-state index in [0.717, 1.165) is 16.9 Å². The zero-order valence-electron chi connectivity index (χ0n) is 18.5. The number of nitrogens with zero attached hydrogens (tertiary/aromatic N) is 1. The Hall–Kier alpha value is -3.52. The Kier molecular flexibility index (Phi) is 6.55. The van der Waals surface area contributed by atoms with Gasteiger partial charge in [-0.05, 0) is 54.4 Å². The number of fused-ring (bicyclic) bond motifs is 1. The van der Waals surface area contributed by atoms with Crippen LogP contribution in [-0.4, -0.2) is 32.4 Å². The number of benzene rings is 3. The highest BCUT2D eigenvalue weighted by Crippen LogP contribution is 2.31. The molecule has 172 valence electrons. The summed E-state index contributed by atoms with van der Waals surface area (Å²) in [6.45, 7) is 2.58. The van der Waals surface area contributed by atoms with Crippen molar-refractivity contribution in [3.8, 4) is 11.5 Å². The zero-order valence-corrected chi connectivity index (χ0v) is 19.3. The van der Waals surface area contributed by atoms with E-state index in [1.54, 1.807) is 48.4 Å². The number of methoxy groups -OCH3 is 1. The molecule has 1 N–H and O–H groups in total. The lowest BCUT2D eigenvalue weighted by Gasteiger charge is -2.23. The first-order chi connectivity index (χ1) is 15.9. The molecule has 7 nitrogen and oxygen atoms in total. The first kappa shape index (κ1) is 22.7. The van der Waals surface area contributed by atoms with Gasteiger partial charge in [0, 0.05) is 24.3 Å². The summed E-state index contributed by atoms with van der Waals surface area (Å²) in [5.74, 6) is 1.19. The fourth-order valence-electron chi connectivity index (χ4n) is 3.77. The summed E-state index contributed by atoms with van der Waals surface area (Å²) in [4.78, 5) is 15.1. The summed E-state index contributed by atoms with van der Waals surface area (Å²) in [6.07, 6.45) is -0.0846. The molecule has 0 saturated heterocycles. The minimum absolute atomic E-state index is 0.108. The molecule has 0 aromatic heterocycles. The molecule has 0 bridgehead atoms. The molecule has 0 saturated carbocycles. The second kappa shape index (κ2) is 9.54. The van der Waals surface area contributed by atoms with Crippen molar-refractivity contribution in [3.05, 3.63) is 83.9 Å². The van der Waals surface area contributed by atoms with Crippen molar-refractivity contribution < 1.29 is 22.7 Å². The molecule has 0 radical (unpaired) electrons. The molecule has 33 heavy (non-hydrogen) atoms. The molecule has 1 heterocycles. The van der Waals surface area contributed by atoms with Crippen LogP contribution in [0, 0.1) is 0 Å². The Labute approximate surface area is 194 Å². The van der Waals surface area contributed by atoms with E-state index < -0.39 is 16.1 Å². The van der Waals surface area contributed by atoms with Gasteiger partial charge in [-0.25, -0.2) is 8.42 Å². The Morgan fingerprint density at radius 3 is 2.58 bits per heavy atom. The van der Waals surface area contributed by atoms with Gasteiger partial charge in [0.25, 0.3) is 15.9 Å². The van der Waals surface area contributed by atoms with Crippen LogP contribution in [-0.2, 0) is 27.9 Å². The number of anilines is 1. The fourth-order valence-corrected chi connectivity index (χ4v) is 4.84. The highest BCUT2D eigenvalue weighted by molar-refractivity contribution is 7.92. The van der Waals surface area contributed by atoms with Crippen LogP contribution < -0.4 is 14.2 Å². The summed E-state index contributed by atoms with van der Waals surface area (Å²) in [5.41, 5.74) is 2.07. The predicted octanol–water partition coefficient (Wildman–Crippen LogP) is 4.20. The molecular formula is C25H26N2O5S. The molecule has 4 rings (SSSR count). The van der Waals surface area contributed by atoms with Crippen LogP contribution in [0.3, 0.4) is 0 Å². The lowest BCUT2D eigenvalue weighted by molar-refractivity contribution is -0.139. The van der Waals surface area contributed by atoms with Crippen LogP contribution in [0.2, 0.25) is 0 Å². The van der Waals surface area contributed by atoms with Crippen LogP contribution in [0.5, 0.6) is 11.5 Å². The van der Waals surface area contributed by atoms with Crippen LogP contribution in [0.25, 0.3) is 0 Å². The third-order valence-electron chi connectivity index (χ3n) is 5.46. The molecule has 3 aromatic rings. The Balaban J connectivity index is 1.63.